The molecule has 0 amide bonds. The van der Waals surface area contributed by atoms with Gasteiger partial charge in [-0.25, -0.2) is 0 Å². The minimum atomic E-state index is -1.82. The standard InChI is InChI=1S/C15H21NO2Si/c1-5-6-10-15(13-16,18-19(2,3)4)11-9-14-8-7-12-17-14/h5,7-9,11-12H,1,6,10H2,2-4H3/b11-9+. The molecule has 102 valence electrons. The minimum absolute atomic E-state index is 0.606. The molecule has 0 spiro atoms. The van der Waals surface area contributed by atoms with Crippen LogP contribution in [0.1, 0.15) is 18.6 Å². The zero-order valence-corrected chi connectivity index (χ0v) is 12.8. The third-order valence-corrected chi connectivity index (χ3v) is 3.43. The Hall–Kier alpha value is -1.57. The van der Waals surface area contributed by atoms with E-state index in [0.717, 1.165) is 12.2 Å². The molecule has 1 atom stereocenters. The fraction of sp³-hybridized carbons (Fsp3) is 0.400. The second-order valence-corrected chi connectivity index (χ2v) is 9.82. The van der Waals surface area contributed by atoms with Crippen molar-refractivity contribution in [1.82, 2.24) is 0 Å². The number of rotatable bonds is 7. The molecule has 3 nitrogen and oxygen atoms in total. The third-order valence-electron chi connectivity index (χ3n) is 2.46. The van der Waals surface area contributed by atoms with Gasteiger partial charge in [0, 0.05) is 0 Å². The summed E-state index contributed by atoms with van der Waals surface area (Å²) in [4.78, 5) is 0. The topological polar surface area (TPSA) is 46.2 Å². The lowest BCUT2D eigenvalue weighted by atomic mass is 9.98. The normalized spacial score (nSPS) is 15.1. The van der Waals surface area contributed by atoms with E-state index in [-0.39, 0.29) is 0 Å². The van der Waals surface area contributed by atoms with Crippen molar-refractivity contribution in [3.05, 3.63) is 42.9 Å². The molecule has 0 saturated heterocycles. The maximum Gasteiger partial charge on any atom is 0.186 e. The molecular formula is C15H21NO2Si. The van der Waals surface area contributed by atoms with Crippen LogP contribution in [0.3, 0.4) is 0 Å². The van der Waals surface area contributed by atoms with Crippen LogP contribution in [-0.4, -0.2) is 13.9 Å². The fourth-order valence-electron chi connectivity index (χ4n) is 1.75. The molecule has 0 aromatic carbocycles. The molecule has 1 aromatic rings. The van der Waals surface area contributed by atoms with Crippen molar-refractivity contribution in [1.29, 1.82) is 5.26 Å². The SMILES string of the molecule is C=CCCC(C#N)(/C=C/c1ccco1)O[Si](C)(C)C. The smallest absolute Gasteiger partial charge is 0.186 e. The number of nitriles is 1. The predicted octanol–water partition coefficient (Wildman–Crippen LogP) is 4.37. The molecule has 0 N–H and O–H groups in total. The molecule has 0 fully saturated rings. The van der Waals surface area contributed by atoms with Crippen LogP contribution in [0.4, 0.5) is 0 Å². The molecule has 0 aliphatic heterocycles. The zero-order valence-electron chi connectivity index (χ0n) is 11.8. The monoisotopic (exact) mass is 275 g/mol. The highest BCUT2D eigenvalue weighted by atomic mass is 28.4. The first-order valence-corrected chi connectivity index (χ1v) is 9.77. The largest absolute Gasteiger partial charge is 0.465 e. The van der Waals surface area contributed by atoms with Gasteiger partial charge in [-0.1, -0.05) is 6.08 Å². The lowest BCUT2D eigenvalue weighted by Gasteiger charge is -2.31. The molecule has 4 heteroatoms. The molecule has 1 aromatic heterocycles. The number of nitrogens with zero attached hydrogens (tertiary/aromatic N) is 1. The molecule has 1 rings (SSSR count). The molecule has 1 unspecified atom stereocenters. The number of hydrogen-bond donors (Lipinski definition) is 0. The van der Waals surface area contributed by atoms with Gasteiger partial charge in [-0.3, -0.25) is 0 Å². The van der Waals surface area contributed by atoms with Crippen LogP contribution in [0.15, 0.2) is 41.5 Å². The van der Waals surface area contributed by atoms with Crippen molar-refractivity contribution < 1.29 is 8.84 Å². The summed E-state index contributed by atoms with van der Waals surface area (Å²) in [6, 6.07) is 5.97. The number of hydrogen-bond acceptors (Lipinski definition) is 3. The average Bonchev–Trinajstić information content (AvgIpc) is 2.84. The zero-order chi connectivity index (χ0) is 14.4. The second kappa shape index (κ2) is 6.55. The van der Waals surface area contributed by atoms with Crippen LogP contribution >= 0.6 is 0 Å². The summed E-state index contributed by atoms with van der Waals surface area (Å²) < 4.78 is 11.3. The molecule has 0 saturated carbocycles. The van der Waals surface area contributed by atoms with Crippen LogP contribution in [0.25, 0.3) is 6.08 Å². The molecular weight excluding hydrogens is 254 g/mol. The highest BCUT2D eigenvalue weighted by Gasteiger charge is 2.33. The van der Waals surface area contributed by atoms with Gasteiger partial charge in [0.25, 0.3) is 0 Å². The first kappa shape index (κ1) is 15.5. The predicted molar refractivity (Wildman–Crippen MR) is 79.9 cm³/mol. The van der Waals surface area contributed by atoms with E-state index >= 15 is 0 Å². The highest BCUT2D eigenvalue weighted by Crippen LogP contribution is 2.26. The van der Waals surface area contributed by atoms with E-state index in [1.165, 1.54) is 0 Å². The summed E-state index contributed by atoms with van der Waals surface area (Å²) in [5, 5.41) is 9.53. The number of allylic oxidation sites excluding steroid dienone is 1. The first-order chi connectivity index (χ1) is 8.91. The van der Waals surface area contributed by atoms with Gasteiger partial charge in [-0.15, -0.1) is 6.58 Å². The summed E-state index contributed by atoms with van der Waals surface area (Å²) in [6.45, 7) is 9.94. The van der Waals surface area contributed by atoms with Gasteiger partial charge < -0.3 is 8.84 Å². The van der Waals surface area contributed by atoms with E-state index in [9.17, 15) is 5.26 Å². The molecule has 19 heavy (non-hydrogen) atoms. The Labute approximate surface area is 116 Å². The highest BCUT2D eigenvalue weighted by molar-refractivity contribution is 6.69. The maximum atomic E-state index is 9.53. The fourth-order valence-corrected chi connectivity index (χ4v) is 3.06. The van der Waals surface area contributed by atoms with Gasteiger partial charge in [0.05, 0.1) is 6.26 Å². The van der Waals surface area contributed by atoms with E-state index in [2.05, 4.69) is 32.3 Å². The van der Waals surface area contributed by atoms with Gasteiger partial charge in [0.2, 0.25) is 0 Å². The average molecular weight is 275 g/mol. The summed E-state index contributed by atoms with van der Waals surface area (Å²) in [5.41, 5.74) is -0.897. The lowest BCUT2D eigenvalue weighted by molar-refractivity contribution is 0.162. The van der Waals surface area contributed by atoms with E-state index in [1.807, 2.05) is 12.1 Å². The van der Waals surface area contributed by atoms with Gasteiger partial charge in [0.1, 0.15) is 11.8 Å². The Bertz CT molecular complexity index is 465. The Morgan fingerprint density at radius 3 is 2.74 bits per heavy atom. The van der Waals surface area contributed by atoms with Crippen molar-refractivity contribution in [3.8, 4) is 6.07 Å². The second-order valence-electron chi connectivity index (χ2n) is 5.39. The summed E-state index contributed by atoms with van der Waals surface area (Å²) in [6.07, 6.45) is 8.35. The molecule has 0 aliphatic rings. The summed E-state index contributed by atoms with van der Waals surface area (Å²) >= 11 is 0. The summed E-state index contributed by atoms with van der Waals surface area (Å²) in [7, 11) is -1.82. The van der Waals surface area contributed by atoms with Crippen LogP contribution in [-0.2, 0) is 4.43 Å². The lowest BCUT2D eigenvalue weighted by Crippen LogP contribution is -2.40. The molecule has 0 bridgehead atoms. The van der Waals surface area contributed by atoms with E-state index in [1.54, 1.807) is 24.5 Å². The first-order valence-electron chi connectivity index (χ1n) is 6.36. The maximum absolute atomic E-state index is 9.53. The van der Waals surface area contributed by atoms with Crippen LogP contribution in [0, 0.1) is 11.3 Å². The Balaban J connectivity index is 2.96. The summed E-state index contributed by atoms with van der Waals surface area (Å²) in [5.74, 6) is 0.720. The Kier molecular flexibility index (Phi) is 5.34. The molecule has 1 heterocycles. The van der Waals surface area contributed by atoms with Crippen molar-refractivity contribution in [3.63, 3.8) is 0 Å². The van der Waals surface area contributed by atoms with E-state index < -0.39 is 13.9 Å². The Morgan fingerprint density at radius 1 is 1.53 bits per heavy atom. The third kappa shape index (κ3) is 5.29. The Morgan fingerprint density at radius 2 is 2.26 bits per heavy atom. The van der Waals surface area contributed by atoms with Gasteiger partial charge in [-0.2, -0.15) is 5.26 Å². The van der Waals surface area contributed by atoms with Crippen molar-refractivity contribution in [2.45, 2.75) is 38.1 Å². The minimum Gasteiger partial charge on any atom is -0.465 e. The molecule has 0 aliphatic carbocycles. The molecule has 0 radical (unpaired) electrons. The van der Waals surface area contributed by atoms with Crippen LogP contribution in [0.2, 0.25) is 19.6 Å². The quantitative estimate of drug-likeness (QED) is 0.548. The van der Waals surface area contributed by atoms with Crippen molar-refractivity contribution in [2.24, 2.45) is 0 Å². The van der Waals surface area contributed by atoms with Crippen molar-refractivity contribution >= 4 is 14.4 Å². The van der Waals surface area contributed by atoms with Crippen LogP contribution in [0.5, 0.6) is 0 Å². The van der Waals surface area contributed by atoms with Gasteiger partial charge in [0.15, 0.2) is 13.9 Å². The van der Waals surface area contributed by atoms with Gasteiger partial charge in [-0.05, 0) is 56.8 Å². The van der Waals surface area contributed by atoms with Gasteiger partial charge >= 0.3 is 0 Å². The number of furan rings is 1. The van der Waals surface area contributed by atoms with Crippen molar-refractivity contribution in [2.75, 3.05) is 0 Å². The van der Waals surface area contributed by atoms with E-state index in [0.29, 0.717) is 6.42 Å². The van der Waals surface area contributed by atoms with E-state index in [4.69, 9.17) is 8.84 Å². The van der Waals surface area contributed by atoms with Crippen LogP contribution < -0.4 is 0 Å².